The number of aromatic hydroxyl groups is 1. The highest BCUT2D eigenvalue weighted by atomic mass is 16.5. The number of phenolic OH excluding ortho intramolecular Hbond substituents is 1. The maximum absolute atomic E-state index is 13.0. The minimum Gasteiger partial charge on any atom is -0.508 e. The summed E-state index contributed by atoms with van der Waals surface area (Å²) in [5, 5.41) is 31.2. The Balaban J connectivity index is 1.83. The number of aliphatic hydroxyl groups is 1. The van der Waals surface area contributed by atoms with E-state index in [1.807, 2.05) is 30.3 Å². The van der Waals surface area contributed by atoms with Crippen molar-refractivity contribution in [3.05, 3.63) is 83.4 Å². The Labute approximate surface area is 196 Å². The summed E-state index contributed by atoms with van der Waals surface area (Å²) in [5.41, 5.74) is 2.51. The smallest absolute Gasteiger partial charge is 0.249 e. The second kappa shape index (κ2) is 8.23. The fourth-order valence-electron chi connectivity index (χ4n) is 5.70. The molecule has 1 amide bonds. The van der Waals surface area contributed by atoms with Crippen LogP contribution in [-0.4, -0.2) is 41.7 Å². The van der Waals surface area contributed by atoms with Crippen LogP contribution in [0.2, 0.25) is 0 Å². The first kappa shape index (κ1) is 22.1. The first-order valence-electron chi connectivity index (χ1n) is 10.9. The standard InChI is InChI=1S/C26H25NO7/c1-32-17-12-18(33-2)20-19(13-17)34-26(15-8-10-16(28)11-9-15)22(14-6-4-3-5-7-14)21(25(30)27-31)24(29)23(20)26/h3-13,21-24,28-29,31H,1-2H3,(H,27,30)/t21-,22-,23?,24+,26-/m1/s1. The zero-order chi connectivity index (χ0) is 24.0. The number of methoxy groups -OCH3 is 2. The number of carbonyl (C=O) groups is 1. The van der Waals surface area contributed by atoms with Crippen molar-refractivity contribution in [3.8, 4) is 23.0 Å². The van der Waals surface area contributed by atoms with Gasteiger partial charge in [0.1, 0.15) is 23.0 Å². The van der Waals surface area contributed by atoms with Crippen molar-refractivity contribution < 1.29 is 34.4 Å². The number of hydroxylamine groups is 1. The van der Waals surface area contributed by atoms with Crippen LogP contribution < -0.4 is 19.7 Å². The van der Waals surface area contributed by atoms with Crippen molar-refractivity contribution in [2.24, 2.45) is 5.92 Å². The molecule has 0 bridgehead atoms. The monoisotopic (exact) mass is 463 g/mol. The molecule has 34 heavy (non-hydrogen) atoms. The van der Waals surface area contributed by atoms with Crippen LogP contribution in [0.3, 0.4) is 0 Å². The minimum atomic E-state index is -1.24. The van der Waals surface area contributed by atoms with E-state index in [2.05, 4.69) is 0 Å². The quantitative estimate of drug-likeness (QED) is 0.339. The molecule has 1 aliphatic heterocycles. The average Bonchev–Trinajstić information content (AvgIpc) is 3.34. The van der Waals surface area contributed by atoms with E-state index >= 15 is 0 Å². The first-order chi connectivity index (χ1) is 16.5. The van der Waals surface area contributed by atoms with Gasteiger partial charge in [0.05, 0.1) is 32.2 Å². The Hall–Kier alpha value is -3.75. The van der Waals surface area contributed by atoms with Gasteiger partial charge >= 0.3 is 0 Å². The topological polar surface area (TPSA) is 117 Å². The van der Waals surface area contributed by atoms with Gasteiger partial charge in [-0.05, 0) is 23.3 Å². The molecule has 0 spiro atoms. The van der Waals surface area contributed by atoms with Gasteiger partial charge in [0, 0.05) is 23.6 Å². The molecule has 1 saturated carbocycles. The van der Waals surface area contributed by atoms with Gasteiger partial charge in [-0.1, -0.05) is 42.5 Å². The second-order valence-electron chi connectivity index (χ2n) is 8.54. The molecule has 3 aromatic rings. The molecular weight excluding hydrogens is 438 g/mol. The summed E-state index contributed by atoms with van der Waals surface area (Å²) < 4.78 is 17.8. The van der Waals surface area contributed by atoms with Crippen LogP contribution >= 0.6 is 0 Å². The van der Waals surface area contributed by atoms with E-state index in [9.17, 15) is 20.2 Å². The highest BCUT2D eigenvalue weighted by Gasteiger charge is 2.69. The van der Waals surface area contributed by atoms with Crippen molar-refractivity contribution in [3.63, 3.8) is 0 Å². The first-order valence-corrected chi connectivity index (χ1v) is 10.9. The fraction of sp³-hybridized carbons (Fsp3) is 0.269. The van der Waals surface area contributed by atoms with Crippen molar-refractivity contribution in [1.29, 1.82) is 0 Å². The van der Waals surface area contributed by atoms with E-state index in [0.29, 0.717) is 28.4 Å². The summed E-state index contributed by atoms with van der Waals surface area (Å²) in [4.78, 5) is 13.0. The van der Waals surface area contributed by atoms with Gasteiger partial charge < -0.3 is 24.4 Å². The maximum atomic E-state index is 13.0. The van der Waals surface area contributed by atoms with Gasteiger partial charge in [-0.25, -0.2) is 5.48 Å². The summed E-state index contributed by atoms with van der Waals surface area (Å²) in [6.07, 6.45) is -1.23. The number of nitrogens with one attached hydrogen (secondary N) is 1. The molecule has 1 aliphatic carbocycles. The van der Waals surface area contributed by atoms with E-state index in [1.165, 1.54) is 14.2 Å². The number of hydrogen-bond acceptors (Lipinski definition) is 7. The summed E-state index contributed by atoms with van der Waals surface area (Å²) in [6, 6.07) is 19.2. The molecule has 176 valence electrons. The van der Waals surface area contributed by atoms with Gasteiger partial charge in [0.2, 0.25) is 5.91 Å². The molecule has 2 aliphatic rings. The molecule has 1 unspecified atom stereocenters. The van der Waals surface area contributed by atoms with Crippen LogP contribution in [0.25, 0.3) is 0 Å². The van der Waals surface area contributed by atoms with E-state index in [4.69, 9.17) is 14.2 Å². The lowest BCUT2D eigenvalue weighted by atomic mass is 9.73. The molecule has 0 aromatic heterocycles. The molecule has 1 heterocycles. The average molecular weight is 463 g/mol. The largest absolute Gasteiger partial charge is 0.508 e. The number of phenols is 1. The van der Waals surface area contributed by atoms with Crippen molar-refractivity contribution >= 4 is 5.91 Å². The summed E-state index contributed by atoms with van der Waals surface area (Å²) in [5.74, 6) is -1.64. The fourth-order valence-corrected chi connectivity index (χ4v) is 5.70. The summed E-state index contributed by atoms with van der Waals surface area (Å²) in [7, 11) is 3.06. The second-order valence-corrected chi connectivity index (χ2v) is 8.54. The van der Waals surface area contributed by atoms with Crippen LogP contribution in [0.15, 0.2) is 66.7 Å². The normalized spacial score (nSPS) is 26.8. The Morgan fingerprint density at radius 3 is 2.32 bits per heavy atom. The van der Waals surface area contributed by atoms with Gasteiger partial charge in [-0.15, -0.1) is 0 Å². The van der Waals surface area contributed by atoms with Crippen LogP contribution in [0.5, 0.6) is 23.0 Å². The highest BCUT2D eigenvalue weighted by Crippen LogP contribution is 2.68. The number of benzene rings is 3. The molecule has 3 aromatic carbocycles. The molecule has 8 heteroatoms. The molecule has 8 nitrogen and oxygen atoms in total. The predicted octanol–water partition coefficient (Wildman–Crippen LogP) is 3.06. The molecule has 5 rings (SSSR count). The molecular formula is C26H25NO7. The zero-order valence-corrected chi connectivity index (χ0v) is 18.6. The molecule has 5 atom stereocenters. The number of rotatable bonds is 5. The van der Waals surface area contributed by atoms with Crippen LogP contribution in [0.1, 0.15) is 28.5 Å². The third-order valence-corrected chi connectivity index (χ3v) is 7.01. The third kappa shape index (κ3) is 3.03. The van der Waals surface area contributed by atoms with Gasteiger partial charge in [0.25, 0.3) is 0 Å². The van der Waals surface area contributed by atoms with Crippen molar-refractivity contribution in [1.82, 2.24) is 5.48 Å². The Morgan fingerprint density at radius 2 is 1.71 bits per heavy atom. The SMILES string of the molecule is COc1cc(OC)c2c(c1)O[C@@]1(c3ccc(O)cc3)C2[C@@H](O)[C@H](C(=O)NO)[C@H]1c1ccccc1. The van der Waals surface area contributed by atoms with Gasteiger partial charge in [-0.2, -0.15) is 0 Å². The molecule has 0 radical (unpaired) electrons. The van der Waals surface area contributed by atoms with Crippen molar-refractivity contribution in [2.45, 2.75) is 23.5 Å². The van der Waals surface area contributed by atoms with Crippen LogP contribution in [0.4, 0.5) is 0 Å². The number of hydrogen-bond donors (Lipinski definition) is 4. The zero-order valence-electron chi connectivity index (χ0n) is 18.6. The lowest BCUT2D eigenvalue weighted by Gasteiger charge is -2.37. The van der Waals surface area contributed by atoms with Gasteiger partial charge in [0.15, 0.2) is 5.60 Å². The molecule has 4 N–H and O–H groups in total. The Bertz CT molecular complexity index is 1210. The predicted molar refractivity (Wildman–Crippen MR) is 121 cm³/mol. The third-order valence-electron chi connectivity index (χ3n) is 7.01. The maximum Gasteiger partial charge on any atom is 0.249 e. The van der Waals surface area contributed by atoms with Gasteiger partial charge in [-0.3, -0.25) is 10.0 Å². The summed E-state index contributed by atoms with van der Waals surface area (Å²) in [6.45, 7) is 0. The van der Waals surface area contributed by atoms with Crippen molar-refractivity contribution in [2.75, 3.05) is 14.2 Å². The number of ether oxygens (including phenoxy) is 3. The number of fused-ring (bicyclic) bond motifs is 3. The Morgan fingerprint density at radius 1 is 1.00 bits per heavy atom. The van der Waals surface area contributed by atoms with E-state index in [1.54, 1.807) is 41.9 Å². The molecule has 0 saturated heterocycles. The molecule has 1 fully saturated rings. The highest BCUT2D eigenvalue weighted by molar-refractivity contribution is 5.81. The number of amides is 1. The Kier molecular flexibility index (Phi) is 5.34. The lowest BCUT2D eigenvalue weighted by Crippen LogP contribution is -2.41. The van der Waals surface area contributed by atoms with E-state index < -0.39 is 35.4 Å². The summed E-state index contributed by atoms with van der Waals surface area (Å²) >= 11 is 0. The van der Waals surface area contributed by atoms with E-state index in [-0.39, 0.29) is 5.75 Å². The van der Waals surface area contributed by atoms with Crippen LogP contribution in [-0.2, 0) is 10.4 Å². The number of aliphatic hydroxyl groups excluding tert-OH is 1. The lowest BCUT2D eigenvalue weighted by molar-refractivity contribution is -0.137. The minimum absolute atomic E-state index is 0.0749. The van der Waals surface area contributed by atoms with E-state index in [0.717, 1.165) is 5.56 Å². The van der Waals surface area contributed by atoms with Crippen LogP contribution in [0, 0.1) is 5.92 Å². The number of carbonyl (C=O) groups excluding carboxylic acids is 1.